The van der Waals surface area contributed by atoms with Crippen molar-refractivity contribution in [2.24, 2.45) is 0 Å². The van der Waals surface area contributed by atoms with E-state index in [1.807, 2.05) is 19.0 Å². The summed E-state index contributed by atoms with van der Waals surface area (Å²) in [6.07, 6.45) is 3.99. The van der Waals surface area contributed by atoms with Crippen LogP contribution in [0.1, 0.15) is 34.1 Å². The summed E-state index contributed by atoms with van der Waals surface area (Å²) in [7, 11) is 3.93. The highest BCUT2D eigenvalue weighted by Crippen LogP contribution is 2.37. The Bertz CT molecular complexity index is 1100. The molecule has 28 heavy (non-hydrogen) atoms. The standard InChI is InChI=1S/C21H20FN3O3/c1-24(2)10-3-11-25-18(13-6-8-23-9-7-13)17-19(26)15-12-14(22)4-5-16(15)28-20(17)21(25)27/h4-9,12,18H,3,10-11H2,1-2H3. The van der Waals surface area contributed by atoms with E-state index in [2.05, 4.69) is 4.98 Å². The SMILES string of the molecule is CN(C)CCCN1C(=O)c2oc3ccc(F)cc3c(=O)c2C1c1ccncc1. The third-order valence-corrected chi connectivity index (χ3v) is 4.95. The average Bonchev–Trinajstić information content (AvgIpc) is 2.95. The molecule has 1 aliphatic heterocycles. The van der Waals surface area contributed by atoms with E-state index < -0.39 is 11.9 Å². The fraction of sp³-hybridized carbons (Fsp3) is 0.286. The van der Waals surface area contributed by atoms with Crippen LogP contribution in [0, 0.1) is 5.82 Å². The van der Waals surface area contributed by atoms with Gasteiger partial charge in [-0.1, -0.05) is 0 Å². The molecule has 0 bridgehead atoms. The van der Waals surface area contributed by atoms with Crippen LogP contribution >= 0.6 is 0 Å². The van der Waals surface area contributed by atoms with Crippen LogP contribution in [-0.2, 0) is 0 Å². The Kier molecular flexibility index (Phi) is 4.68. The van der Waals surface area contributed by atoms with Gasteiger partial charge < -0.3 is 14.2 Å². The maximum Gasteiger partial charge on any atom is 0.290 e. The normalized spacial score (nSPS) is 16.2. The van der Waals surface area contributed by atoms with Gasteiger partial charge >= 0.3 is 0 Å². The van der Waals surface area contributed by atoms with Gasteiger partial charge in [-0.25, -0.2) is 4.39 Å². The smallest absolute Gasteiger partial charge is 0.290 e. The molecule has 1 amide bonds. The van der Waals surface area contributed by atoms with Crippen molar-refractivity contribution in [3.8, 4) is 0 Å². The van der Waals surface area contributed by atoms with E-state index in [1.54, 1.807) is 29.4 Å². The van der Waals surface area contributed by atoms with Crippen LogP contribution in [0.25, 0.3) is 11.0 Å². The van der Waals surface area contributed by atoms with E-state index in [0.29, 0.717) is 6.54 Å². The molecule has 0 saturated heterocycles. The molecule has 0 saturated carbocycles. The van der Waals surface area contributed by atoms with Crippen LogP contribution in [0.3, 0.4) is 0 Å². The zero-order valence-electron chi connectivity index (χ0n) is 15.7. The second-order valence-electron chi connectivity index (χ2n) is 7.15. The van der Waals surface area contributed by atoms with Crippen molar-refractivity contribution >= 4 is 16.9 Å². The van der Waals surface area contributed by atoms with Gasteiger partial charge in [-0.3, -0.25) is 14.6 Å². The van der Waals surface area contributed by atoms with Crippen molar-refractivity contribution in [2.45, 2.75) is 12.5 Å². The first-order valence-corrected chi connectivity index (χ1v) is 9.09. The maximum absolute atomic E-state index is 13.7. The molecule has 1 aromatic carbocycles. The largest absolute Gasteiger partial charge is 0.450 e. The van der Waals surface area contributed by atoms with Gasteiger partial charge in [0.1, 0.15) is 11.4 Å². The Morgan fingerprint density at radius 3 is 2.64 bits per heavy atom. The van der Waals surface area contributed by atoms with Crippen molar-refractivity contribution < 1.29 is 13.6 Å². The monoisotopic (exact) mass is 381 g/mol. The molecule has 0 spiro atoms. The summed E-state index contributed by atoms with van der Waals surface area (Å²) in [5.74, 6) is -0.804. The summed E-state index contributed by atoms with van der Waals surface area (Å²) in [5, 5.41) is 0.140. The second kappa shape index (κ2) is 7.16. The summed E-state index contributed by atoms with van der Waals surface area (Å²) < 4.78 is 19.5. The van der Waals surface area contributed by atoms with E-state index in [0.717, 1.165) is 24.6 Å². The molecule has 3 heterocycles. The molecule has 4 rings (SSSR count). The molecule has 0 aliphatic carbocycles. The van der Waals surface area contributed by atoms with Gasteiger partial charge in [0.15, 0.2) is 5.43 Å². The van der Waals surface area contributed by atoms with Crippen LogP contribution in [0.4, 0.5) is 4.39 Å². The highest BCUT2D eigenvalue weighted by molar-refractivity contribution is 5.99. The number of fused-ring (bicyclic) bond motifs is 2. The van der Waals surface area contributed by atoms with E-state index in [1.165, 1.54) is 12.1 Å². The Morgan fingerprint density at radius 2 is 1.93 bits per heavy atom. The molecule has 6 nitrogen and oxygen atoms in total. The molecule has 144 valence electrons. The fourth-order valence-corrected chi connectivity index (χ4v) is 3.67. The molecule has 3 aromatic rings. The summed E-state index contributed by atoms with van der Waals surface area (Å²) in [5.41, 5.74) is 0.873. The lowest BCUT2D eigenvalue weighted by Gasteiger charge is -2.25. The fourth-order valence-electron chi connectivity index (χ4n) is 3.67. The van der Waals surface area contributed by atoms with Gasteiger partial charge in [-0.15, -0.1) is 0 Å². The lowest BCUT2D eigenvalue weighted by Crippen LogP contribution is -2.32. The predicted octanol–water partition coefficient (Wildman–Crippen LogP) is 2.82. The second-order valence-corrected chi connectivity index (χ2v) is 7.15. The maximum atomic E-state index is 13.7. The topological polar surface area (TPSA) is 66.7 Å². The molecule has 0 N–H and O–H groups in total. The van der Waals surface area contributed by atoms with Gasteiger partial charge in [0.2, 0.25) is 5.76 Å². The molecule has 2 aromatic heterocycles. The first-order valence-electron chi connectivity index (χ1n) is 9.09. The van der Waals surface area contributed by atoms with Crippen LogP contribution in [0.2, 0.25) is 0 Å². The van der Waals surface area contributed by atoms with Crippen molar-refractivity contribution in [1.82, 2.24) is 14.8 Å². The number of pyridine rings is 1. The van der Waals surface area contributed by atoms with Crippen molar-refractivity contribution in [2.75, 3.05) is 27.2 Å². The Balaban J connectivity index is 1.88. The lowest BCUT2D eigenvalue weighted by atomic mass is 9.99. The predicted molar refractivity (Wildman–Crippen MR) is 103 cm³/mol. The first-order chi connectivity index (χ1) is 13.5. The average molecular weight is 381 g/mol. The first kappa shape index (κ1) is 18.3. The highest BCUT2D eigenvalue weighted by atomic mass is 19.1. The van der Waals surface area contributed by atoms with E-state index >= 15 is 0 Å². The summed E-state index contributed by atoms with van der Waals surface area (Å²) in [6, 6.07) is 6.74. The molecular weight excluding hydrogens is 361 g/mol. The Hall–Kier alpha value is -3.06. The van der Waals surface area contributed by atoms with Crippen LogP contribution < -0.4 is 5.43 Å². The third kappa shape index (κ3) is 3.07. The van der Waals surface area contributed by atoms with E-state index in [4.69, 9.17) is 4.42 Å². The Labute approximate surface area is 161 Å². The molecule has 1 atom stereocenters. The molecule has 7 heteroatoms. The molecular formula is C21H20FN3O3. The summed E-state index contributed by atoms with van der Waals surface area (Å²) in [6.45, 7) is 1.27. The third-order valence-electron chi connectivity index (χ3n) is 4.95. The number of halogens is 1. The lowest BCUT2D eigenvalue weighted by molar-refractivity contribution is 0.0722. The zero-order chi connectivity index (χ0) is 19.8. The van der Waals surface area contributed by atoms with Gasteiger partial charge in [0, 0.05) is 18.9 Å². The van der Waals surface area contributed by atoms with E-state index in [9.17, 15) is 14.0 Å². The zero-order valence-corrected chi connectivity index (χ0v) is 15.7. The van der Waals surface area contributed by atoms with Crippen molar-refractivity contribution in [3.63, 3.8) is 0 Å². The Morgan fingerprint density at radius 1 is 1.18 bits per heavy atom. The number of carbonyl (C=O) groups is 1. The minimum atomic E-state index is -0.573. The number of aromatic nitrogens is 1. The minimum Gasteiger partial charge on any atom is -0.450 e. The van der Waals surface area contributed by atoms with Gasteiger partial charge in [0.05, 0.1) is 17.0 Å². The number of rotatable bonds is 5. The van der Waals surface area contributed by atoms with E-state index in [-0.39, 0.29) is 33.6 Å². The van der Waals surface area contributed by atoms with Gasteiger partial charge in [0.25, 0.3) is 5.91 Å². The number of hydrogen-bond acceptors (Lipinski definition) is 5. The molecule has 0 fully saturated rings. The minimum absolute atomic E-state index is 0.0378. The number of hydrogen-bond donors (Lipinski definition) is 0. The van der Waals surface area contributed by atoms with Crippen LogP contribution in [0.5, 0.6) is 0 Å². The van der Waals surface area contributed by atoms with Crippen LogP contribution in [-0.4, -0.2) is 47.9 Å². The van der Waals surface area contributed by atoms with Crippen molar-refractivity contribution in [3.05, 3.63) is 75.7 Å². The quantitative estimate of drug-likeness (QED) is 0.680. The van der Waals surface area contributed by atoms with Gasteiger partial charge in [-0.05, 0) is 63.0 Å². The van der Waals surface area contributed by atoms with Crippen LogP contribution in [0.15, 0.2) is 51.9 Å². The molecule has 0 radical (unpaired) electrons. The van der Waals surface area contributed by atoms with Gasteiger partial charge in [-0.2, -0.15) is 0 Å². The number of benzene rings is 1. The molecule has 1 unspecified atom stereocenters. The number of nitrogens with zero attached hydrogens (tertiary/aromatic N) is 3. The number of amides is 1. The number of carbonyl (C=O) groups excluding carboxylic acids is 1. The summed E-state index contributed by atoms with van der Waals surface area (Å²) in [4.78, 5) is 34.0. The highest BCUT2D eigenvalue weighted by Gasteiger charge is 2.42. The molecule has 1 aliphatic rings. The summed E-state index contributed by atoms with van der Waals surface area (Å²) >= 11 is 0. The van der Waals surface area contributed by atoms with Crippen molar-refractivity contribution in [1.29, 1.82) is 0 Å².